The van der Waals surface area contributed by atoms with Crippen LogP contribution in [0, 0.1) is 0 Å². The fraction of sp³-hybridized carbons (Fsp3) is 0.235. The normalized spacial score (nSPS) is 19.6. The number of aliphatic carboxylic acids is 1. The first-order chi connectivity index (χ1) is 11.0. The quantitative estimate of drug-likeness (QED) is 0.397. The van der Waals surface area contributed by atoms with Crippen LogP contribution in [0.4, 0.5) is 5.69 Å². The Balaban J connectivity index is 1.97. The van der Waals surface area contributed by atoms with E-state index in [0.29, 0.717) is 12.2 Å². The van der Waals surface area contributed by atoms with Crippen molar-refractivity contribution in [2.24, 2.45) is 0 Å². The van der Waals surface area contributed by atoms with Crippen molar-refractivity contribution in [1.29, 1.82) is 0 Å². The van der Waals surface area contributed by atoms with E-state index in [1.54, 1.807) is 24.3 Å². The molecule has 0 saturated carbocycles. The van der Waals surface area contributed by atoms with Crippen molar-refractivity contribution >= 4 is 34.2 Å². The van der Waals surface area contributed by atoms with Crippen LogP contribution in [0.3, 0.4) is 0 Å². The van der Waals surface area contributed by atoms with E-state index in [1.165, 1.54) is 0 Å². The molecular weight excluding hydrogens is 409 g/mol. The topological polar surface area (TPSA) is 81.0 Å². The van der Waals surface area contributed by atoms with E-state index in [2.05, 4.69) is 22.6 Å². The summed E-state index contributed by atoms with van der Waals surface area (Å²) in [6.45, 7) is 0.536. The molecule has 1 heterocycles. The largest absolute Gasteiger partial charge is 0.508 e. The molecule has 1 aliphatic rings. The molecule has 5 nitrogen and oxygen atoms in total. The second-order valence-electron chi connectivity index (χ2n) is 5.59. The van der Waals surface area contributed by atoms with Crippen LogP contribution in [0.5, 0.6) is 11.5 Å². The molecule has 6 heteroatoms. The van der Waals surface area contributed by atoms with Gasteiger partial charge in [0.2, 0.25) is 0 Å². The molecule has 0 bridgehead atoms. The molecule has 0 aromatic heterocycles. The minimum Gasteiger partial charge on any atom is -0.508 e. The average Bonchev–Trinajstić information content (AvgIpc) is 2.76. The zero-order valence-corrected chi connectivity index (χ0v) is 14.3. The van der Waals surface area contributed by atoms with E-state index in [-0.39, 0.29) is 27.9 Å². The van der Waals surface area contributed by atoms with Gasteiger partial charge in [0.1, 0.15) is 11.5 Å². The van der Waals surface area contributed by atoms with Crippen LogP contribution in [0.25, 0.3) is 0 Å². The van der Waals surface area contributed by atoms with Gasteiger partial charge in [-0.1, -0.05) is 46.9 Å². The number of aromatic hydroxyl groups is 2. The number of nitrogens with zero attached hydrogens (tertiary/aromatic N) is 1. The molecule has 2 unspecified atom stereocenters. The third kappa shape index (κ3) is 3.08. The molecule has 3 rings (SSSR count). The van der Waals surface area contributed by atoms with Gasteiger partial charge in [-0.2, -0.15) is 0 Å². The molecule has 1 aliphatic heterocycles. The Bertz CT molecular complexity index is 732. The fourth-order valence-electron chi connectivity index (χ4n) is 3.01. The smallest absolute Gasteiger partial charge is 0.304 e. The Kier molecular flexibility index (Phi) is 4.34. The Morgan fingerprint density at radius 1 is 1.13 bits per heavy atom. The van der Waals surface area contributed by atoms with Gasteiger partial charge in [0.05, 0.1) is 16.2 Å². The van der Waals surface area contributed by atoms with Crippen molar-refractivity contribution in [3.8, 4) is 11.5 Å². The molecule has 2 atom stereocenters. The number of benzene rings is 2. The predicted molar refractivity (Wildman–Crippen MR) is 95.2 cm³/mol. The molecule has 0 fully saturated rings. The van der Waals surface area contributed by atoms with Gasteiger partial charge in [0, 0.05) is 12.5 Å². The molecule has 0 aliphatic carbocycles. The van der Waals surface area contributed by atoms with Gasteiger partial charge in [0.15, 0.2) is 0 Å². The molecule has 120 valence electrons. The van der Waals surface area contributed by atoms with Crippen molar-refractivity contribution in [2.45, 2.75) is 22.9 Å². The van der Waals surface area contributed by atoms with E-state index in [1.807, 2.05) is 23.1 Å². The Morgan fingerprint density at radius 3 is 2.48 bits per heavy atom. The van der Waals surface area contributed by atoms with E-state index < -0.39 is 5.97 Å². The number of hydrogen-bond acceptors (Lipinski definition) is 4. The maximum atomic E-state index is 11.2. The molecule has 23 heavy (non-hydrogen) atoms. The van der Waals surface area contributed by atoms with Gasteiger partial charge in [0.25, 0.3) is 0 Å². The molecule has 2 aromatic rings. The zero-order chi connectivity index (χ0) is 16.6. The van der Waals surface area contributed by atoms with Crippen molar-refractivity contribution < 1.29 is 20.1 Å². The van der Waals surface area contributed by atoms with Crippen molar-refractivity contribution in [2.75, 3.05) is 4.90 Å². The lowest BCUT2D eigenvalue weighted by Crippen LogP contribution is -2.29. The van der Waals surface area contributed by atoms with Gasteiger partial charge in [-0.25, -0.2) is 0 Å². The third-order valence-corrected chi connectivity index (χ3v) is 5.59. The van der Waals surface area contributed by atoms with Crippen LogP contribution >= 0.6 is 22.6 Å². The number of phenols is 2. The number of halogens is 1. The standard InChI is InChI=1S/C17H16INO4/c18-17-13(8-15(22)23)12-2-1-3-14(21)16(12)19(17)9-10-4-6-11(20)7-5-10/h1-7,13,17,20-21H,8-9H2,(H,22,23). The Labute approximate surface area is 147 Å². The molecule has 0 radical (unpaired) electrons. The molecule has 0 spiro atoms. The lowest BCUT2D eigenvalue weighted by atomic mass is 9.98. The predicted octanol–water partition coefficient (Wildman–Crippen LogP) is 3.44. The summed E-state index contributed by atoms with van der Waals surface area (Å²) in [6.07, 6.45) is 0.0239. The number of fused-ring (bicyclic) bond motifs is 1. The highest BCUT2D eigenvalue weighted by molar-refractivity contribution is 14.1. The number of anilines is 1. The summed E-state index contributed by atoms with van der Waals surface area (Å²) in [5, 5.41) is 28.8. The number of rotatable bonds is 4. The first kappa shape index (κ1) is 15.9. The van der Waals surface area contributed by atoms with Gasteiger partial charge < -0.3 is 20.2 Å². The lowest BCUT2D eigenvalue weighted by molar-refractivity contribution is -0.137. The highest BCUT2D eigenvalue weighted by atomic mass is 127. The first-order valence-electron chi connectivity index (χ1n) is 7.19. The van der Waals surface area contributed by atoms with Crippen LogP contribution in [-0.4, -0.2) is 25.3 Å². The summed E-state index contributed by atoms with van der Waals surface area (Å²) >= 11 is 2.24. The van der Waals surface area contributed by atoms with E-state index >= 15 is 0 Å². The number of carboxylic acid groups (broad SMARTS) is 1. The summed E-state index contributed by atoms with van der Waals surface area (Å²) < 4.78 is -0.0687. The number of carbonyl (C=O) groups is 1. The number of phenolic OH excluding ortho intramolecular Hbond substituents is 2. The van der Waals surface area contributed by atoms with Crippen molar-refractivity contribution in [3.05, 3.63) is 53.6 Å². The zero-order valence-electron chi connectivity index (χ0n) is 12.2. The minimum atomic E-state index is -0.850. The summed E-state index contributed by atoms with van der Waals surface area (Å²) in [7, 11) is 0. The van der Waals surface area contributed by atoms with Gasteiger partial charge in [-0.3, -0.25) is 4.79 Å². The SMILES string of the molecule is O=C(O)CC1c2cccc(O)c2N(Cc2ccc(O)cc2)C1I. The monoisotopic (exact) mass is 425 g/mol. The van der Waals surface area contributed by atoms with Crippen molar-refractivity contribution in [1.82, 2.24) is 0 Å². The third-order valence-electron chi connectivity index (χ3n) is 4.05. The summed E-state index contributed by atoms with van der Waals surface area (Å²) in [6, 6.07) is 12.1. The Hall–Kier alpha value is -1.96. The molecule has 0 saturated heterocycles. The molecule has 3 N–H and O–H groups in total. The number of para-hydroxylation sites is 1. The van der Waals surface area contributed by atoms with Gasteiger partial charge in [-0.05, 0) is 29.3 Å². The van der Waals surface area contributed by atoms with Crippen LogP contribution < -0.4 is 4.90 Å². The minimum absolute atomic E-state index is 0.0239. The number of alkyl halides is 1. The fourth-order valence-corrected chi connectivity index (χ4v) is 4.13. The van der Waals surface area contributed by atoms with E-state index in [9.17, 15) is 20.1 Å². The summed E-state index contributed by atoms with van der Waals surface area (Å²) in [4.78, 5) is 13.2. The highest BCUT2D eigenvalue weighted by Gasteiger charge is 2.39. The molecule has 0 amide bonds. The van der Waals surface area contributed by atoms with Crippen LogP contribution in [-0.2, 0) is 11.3 Å². The second kappa shape index (κ2) is 6.27. The first-order valence-corrected chi connectivity index (χ1v) is 8.44. The average molecular weight is 425 g/mol. The van der Waals surface area contributed by atoms with Crippen LogP contribution in [0.15, 0.2) is 42.5 Å². The molecule has 2 aromatic carbocycles. The number of carboxylic acids is 1. The van der Waals surface area contributed by atoms with Crippen LogP contribution in [0.1, 0.15) is 23.5 Å². The maximum absolute atomic E-state index is 11.2. The van der Waals surface area contributed by atoms with Crippen LogP contribution in [0.2, 0.25) is 0 Å². The maximum Gasteiger partial charge on any atom is 0.304 e. The summed E-state index contributed by atoms with van der Waals surface area (Å²) in [5.41, 5.74) is 2.55. The van der Waals surface area contributed by atoms with E-state index in [0.717, 1.165) is 11.1 Å². The lowest BCUT2D eigenvalue weighted by Gasteiger charge is -2.26. The number of hydrogen-bond donors (Lipinski definition) is 3. The molecular formula is C17H16INO4. The van der Waals surface area contributed by atoms with Gasteiger partial charge >= 0.3 is 5.97 Å². The van der Waals surface area contributed by atoms with E-state index in [4.69, 9.17) is 0 Å². The summed E-state index contributed by atoms with van der Waals surface area (Å²) in [5.74, 6) is -0.659. The second-order valence-corrected chi connectivity index (χ2v) is 6.86. The van der Waals surface area contributed by atoms with Crippen molar-refractivity contribution in [3.63, 3.8) is 0 Å². The highest BCUT2D eigenvalue weighted by Crippen LogP contribution is 2.50. The Morgan fingerprint density at radius 2 is 1.83 bits per heavy atom. The van der Waals surface area contributed by atoms with Gasteiger partial charge in [-0.15, -0.1) is 0 Å².